The summed E-state index contributed by atoms with van der Waals surface area (Å²) in [5.41, 5.74) is 3.03. The number of rotatable bonds is 9. The number of fused-ring (bicyclic) bond motifs is 1. The number of likely N-dealkylation sites (tertiary alicyclic amines) is 1. The van der Waals surface area contributed by atoms with Gasteiger partial charge in [-0.3, -0.25) is 24.4 Å². The van der Waals surface area contributed by atoms with Gasteiger partial charge in [-0.15, -0.1) is 0 Å². The molecule has 3 heterocycles. The van der Waals surface area contributed by atoms with Crippen molar-refractivity contribution in [2.45, 2.75) is 50.4 Å². The molecule has 2 aliphatic carbocycles. The maximum absolute atomic E-state index is 13.6. The van der Waals surface area contributed by atoms with Crippen LogP contribution < -0.4 is 5.32 Å². The van der Waals surface area contributed by atoms with E-state index in [0.717, 1.165) is 17.6 Å². The molecule has 3 unspecified atom stereocenters. The lowest BCUT2D eigenvalue weighted by Crippen LogP contribution is -2.43. The summed E-state index contributed by atoms with van der Waals surface area (Å²) < 4.78 is 10.7. The van der Waals surface area contributed by atoms with Crippen LogP contribution in [-0.2, 0) is 25.6 Å². The van der Waals surface area contributed by atoms with Crippen LogP contribution in [0.25, 0.3) is 0 Å². The molecule has 2 saturated heterocycles. The zero-order valence-corrected chi connectivity index (χ0v) is 25.8. The Kier molecular flexibility index (Phi) is 9.29. The van der Waals surface area contributed by atoms with Crippen molar-refractivity contribution in [1.82, 2.24) is 14.8 Å². The van der Waals surface area contributed by atoms with Crippen molar-refractivity contribution in [3.63, 3.8) is 0 Å². The first-order valence-electron chi connectivity index (χ1n) is 15.2. The summed E-state index contributed by atoms with van der Waals surface area (Å²) in [6.45, 7) is 3.00. The number of anilines is 1. The van der Waals surface area contributed by atoms with Gasteiger partial charge in [-0.1, -0.05) is 55.1 Å². The van der Waals surface area contributed by atoms with Crippen LogP contribution in [0.3, 0.4) is 0 Å². The van der Waals surface area contributed by atoms with Crippen LogP contribution in [0.2, 0.25) is 0 Å². The molecule has 2 aromatic rings. The second-order valence-corrected chi connectivity index (χ2v) is 12.5. The van der Waals surface area contributed by atoms with Crippen LogP contribution >= 0.6 is 11.8 Å². The second kappa shape index (κ2) is 13.7. The highest BCUT2D eigenvalue weighted by molar-refractivity contribution is 8.15. The van der Waals surface area contributed by atoms with Gasteiger partial charge in [0.1, 0.15) is 17.9 Å². The predicted octanol–water partition coefficient (Wildman–Crippen LogP) is 5.72. The molecule has 1 saturated carbocycles. The third kappa shape index (κ3) is 7.28. The fourth-order valence-corrected chi connectivity index (χ4v) is 6.79. The fraction of sp³-hybridized carbons (Fsp3) is 0.394. The van der Waals surface area contributed by atoms with Crippen molar-refractivity contribution in [3.8, 4) is 0 Å². The number of pyridine rings is 1. The standard InChI is InChI=1S/C33H35N5O6S.H2/c1-2-15-43-32(41)36-31-38(19-22-5-3-13-34-18-22)30(40)28(45-31)23-9-11-26(12-10-23)35-29(39)27-6-4-14-37(27)33(42)44-20-21-7-8-24-17-25(24)16-21;/h3,5,7-13,16,18,24-25,27-28H,2,4,6,14-15,17,19-20H2,1H3,(H,35,39);1H/b36-31-;/t24?,25?,27-,28?;/m0./s1. The van der Waals surface area contributed by atoms with E-state index in [4.69, 9.17) is 9.47 Å². The SMILES string of the molecule is CCCOC(=O)/N=C1\SC(c2ccc(NC(=O)[C@@H]3CCCN3C(=O)OCC3=CC4CC4C=C3)cc2)C(=O)N1Cc1cccnc1.[HH]. The third-order valence-corrected chi connectivity index (χ3v) is 9.37. The number of nitrogens with zero attached hydrogens (tertiary/aromatic N) is 4. The Labute approximate surface area is 267 Å². The molecule has 6 rings (SSSR count). The molecule has 1 aromatic carbocycles. The maximum atomic E-state index is 13.6. The number of aromatic nitrogens is 1. The van der Waals surface area contributed by atoms with Crippen molar-refractivity contribution >= 4 is 46.6 Å². The first kappa shape index (κ1) is 30.6. The van der Waals surface area contributed by atoms with E-state index >= 15 is 0 Å². The molecule has 4 aliphatic rings. The first-order chi connectivity index (χ1) is 21.9. The predicted molar refractivity (Wildman–Crippen MR) is 171 cm³/mol. The number of amidine groups is 1. The normalized spacial score (nSPS) is 24.3. The smallest absolute Gasteiger partial charge is 0.436 e. The maximum Gasteiger partial charge on any atom is 0.436 e. The van der Waals surface area contributed by atoms with Crippen molar-refractivity contribution in [2.24, 2.45) is 16.8 Å². The summed E-state index contributed by atoms with van der Waals surface area (Å²) >= 11 is 1.17. The van der Waals surface area contributed by atoms with Gasteiger partial charge in [0.2, 0.25) is 11.8 Å². The molecule has 0 bridgehead atoms. The molecule has 1 aromatic heterocycles. The molecule has 2 aliphatic heterocycles. The van der Waals surface area contributed by atoms with Crippen LogP contribution in [-0.4, -0.2) is 69.8 Å². The molecule has 0 radical (unpaired) electrons. The zero-order valence-electron chi connectivity index (χ0n) is 25.0. The van der Waals surface area contributed by atoms with Crippen molar-refractivity contribution in [1.29, 1.82) is 0 Å². The minimum atomic E-state index is -0.744. The van der Waals surface area contributed by atoms with Gasteiger partial charge in [-0.05, 0) is 72.4 Å². The van der Waals surface area contributed by atoms with E-state index in [-0.39, 0.29) is 38.2 Å². The zero-order chi connectivity index (χ0) is 31.3. The minimum Gasteiger partial charge on any atom is -0.448 e. The van der Waals surface area contributed by atoms with E-state index in [9.17, 15) is 19.2 Å². The van der Waals surface area contributed by atoms with Gasteiger partial charge in [0, 0.05) is 26.1 Å². The Bertz CT molecular complexity index is 1550. The lowest BCUT2D eigenvalue weighted by Gasteiger charge is -2.23. The van der Waals surface area contributed by atoms with Crippen LogP contribution in [0.1, 0.15) is 50.4 Å². The van der Waals surface area contributed by atoms with Crippen LogP contribution in [0, 0.1) is 11.8 Å². The summed E-state index contributed by atoms with van der Waals surface area (Å²) in [7, 11) is 0. The first-order valence-corrected chi connectivity index (χ1v) is 16.1. The molecule has 3 fully saturated rings. The Morgan fingerprint density at radius 3 is 2.76 bits per heavy atom. The number of thioether (sulfide) groups is 1. The molecule has 11 nitrogen and oxygen atoms in total. The van der Waals surface area contributed by atoms with Crippen LogP contribution in [0.4, 0.5) is 15.3 Å². The largest absolute Gasteiger partial charge is 0.448 e. The molecular formula is C33H37N5O6S. The summed E-state index contributed by atoms with van der Waals surface area (Å²) in [6, 6.07) is 9.98. The van der Waals surface area contributed by atoms with E-state index in [2.05, 4.69) is 27.4 Å². The number of carbonyl (C=O) groups excluding carboxylic acids is 4. The fourth-order valence-electron chi connectivity index (χ4n) is 5.65. The Balaban J connectivity index is 0.00000417. The molecule has 0 spiro atoms. The van der Waals surface area contributed by atoms with Crippen molar-refractivity contribution in [3.05, 3.63) is 83.7 Å². The van der Waals surface area contributed by atoms with Crippen molar-refractivity contribution in [2.75, 3.05) is 25.1 Å². The topological polar surface area (TPSA) is 130 Å². The second-order valence-electron chi connectivity index (χ2n) is 11.5. The van der Waals surface area contributed by atoms with E-state index < -0.39 is 23.5 Å². The van der Waals surface area contributed by atoms with Crippen LogP contribution in [0.15, 0.2) is 77.6 Å². The number of aliphatic imine (C=N–C) groups is 1. The quantitative estimate of drug-likeness (QED) is 0.372. The molecule has 4 amide bonds. The van der Waals surface area contributed by atoms with Gasteiger partial charge in [-0.25, -0.2) is 9.59 Å². The number of benzene rings is 1. The molecule has 45 heavy (non-hydrogen) atoms. The van der Waals surface area contributed by atoms with Gasteiger partial charge in [0.25, 0.3) is 0 Å². The number of carbonyl (C=O) groups is 4. The lowest BCUT2D eigenvalue weighted by molar-refractivity contribution is -0.126. The molecule has 1 N–H and O–H groups in total. The number of allylic oxidation sites excluding steroid dienone is 2. The highest BCUT2D eigenvalue weighted by Gasteiger charge is 2.40. The molecule has 4 atom stereocenters. The molecule has 12 heteroatoms. The Morgan fingerprint density at radius 2 is 2.00 bits per heavy atom. The van der Waals surface area contributed by atoms with E-state index in [1.54, 1.807) is 42.7 Å². The summed E-state index contributed by atoms with van der Waals surface area (Å²) in [6.07, 6.45) is 11.5. The number of ether oxygens (including phenoxy) is 2. The van der Waals surface area contributed by atoms with Gasteiger partial charge in [0.15, 0.2) is 5.17 Å². The van der Waals surface area contributed by atoms with E-state index in [1.807, 2.05) is 19.1 Å². The average Bonchev–Trinajstić information content (AvgIpc) is 3.54. The summed E-state index contributed by atoms with van der Waals surface area (Å²) in [4.78, 5) is 63.1. The third-order valence-electron chi connectivity index (χ3n) is 8.13. The minimum absolute atomic E-state index is 0. The van der Waals surface area contributed by atoms with Crippen molar-refractivity contribution < 1.29 is 30.1 Å². The number of hydrogen-bond donors (Lipinski definition) is 1. The van der Waals surface area contributed by atoms with E-state index in [1.165, 1.54) is 21.6 Å². The van der Waals surface area contributed by atoms with Gasteiger partial charge in [0.05, 0.1) is 13.2 Å². The highest BCUT2D eigenvalue weighted by Crippen LogP contribution is 2.44. The number of nitrogens with one attached hydrogen (secondary N) is 1. The Morgan fingerprint density at radius 1 is 1.16 bits per heavy atom. The monoisotopic (exact) mass is 631 g/mol. The van der Waals surface area contributed by atoms with Gasteiger partial charge in [-0.2, -0.15) is 4.99 Å². The molecule has 236 valence electrons. The van der Waals surface area contributed by atoms with Crippen LogP contribution in [0.5, 0.6) is 0 Å². The number of amides is 4. The molecular weight excluding hydrogens is 594 g/mol. The van der Waals surface area contributed by atoms with E-state index in [0.29, 0.717) is 48.9 Å². The summed E-state index contributed by atoms with van der Waals surface area (Å²) in [5, 5.41) is 2.53. The Hall–Kier alpha value is -4.45. The highest BCUT2D eigenvalue weighted by atomic mass is 32.2. The average molecular weight is 632 g/mol. The number of hydrogen-bond acceptors (Lipinski definition) is 8. The summed E-state index contributed by atoms with van der Waals surface area (Å²) in [5.74, 6) is 0.700. The van der Waals surface area contributed by atoms with Gasteiger partial charge >= 0.3 is 12.2 Å². The lowest BCUT2D eigenvalue weighted by atomic mass is 10.1. The van der Waals surface area contributed by atoms with Gasteiger partial charge < -0.3 is 14.8 Å².